The van der Waals surface area contributed by atoms with Gasteiger partial charge in [0.05, 0.1) is 12.1 Å². The molecule has 0 spiro atoms. The molecule has 0 aliphatic rings. The molecule has 0 unspecified atom stereocenters. The van der Waals surface area contributed by atoms with Crippen molar-refractivity contribution in [3.05, 3.63) is 17.8 Å². The van der Waals surface area contributed by atoms with Crippen LogP contribution in [0.4, 0.5) is 0 Å². The first-order valence-corrected chi connectivity index (χ1v) is 4.75. The summed E-state index contributed by atoms with van der Waals surface area (Å²) in [6.07, 6.45) is 1.64. The zero-order chi connectivity index (χ0) is 10.6. The maximum Gasteiger partial charge on any atom is 0.227 e. The van der Waals surface area contributed by atoms with Gasteiger partial charge in [0.2, 0.25) is 5.91 Å². The van der Waals surface area contributed by atoms with Crippen molar-refractivity contribution in [2.45, 2.75) is 27.2 Å². The number of nitrogens with zero attached hydrogens (tertiary/aromatic N) is 1. The standard InChI is InChI=1S/C10H16N2O2/c1-7(2)5-11-10(13)4-9-8(3)12-6-14-9/h6-7H,4-5H2,1-3H3,(H,11,13). The SMILES string of the molecule is Cc1ncoc1CC(=O)NCC(C)C. The zero-order valence-electron chi connectivity index (χ0n) is 8.83. The Kier molecular flexibility index (Phi) is 3.68. The van der Waals surface area contributed by atoms with Crippen LogP contribution in [0.3, 0.4) is 0 Å². The Morgan fingerprint density at radius 2 is 2.36 bits per heavy atom. The summed E-state index contributed by atoms with van der Waals surface area (Å²) in [5, 5.41) is 2.82. The molecule has 0 saturated heterocycles. The van der Waals surface area contributed by atoms with Crippen molar-refractivity contribution in [1.82, 2.24) is 10.3 Å². The highest BCUT2D eigenvalue weighted by molar-refractivity contribution is 5.78. The number of nitrogens with one attached hydrogen (secondary N) is 1. The first kappa shape index (κ1) is 10.8. The van der Waals surface area contributed by atoms with Gasteiger partial charge in [0, 0.05) is 6.54 Å². The minimum absolute atomic E-state index is 0.0152. The van der Waals surface area contributed by atoms with E-state index in [-0.39, 0.29) is 12.3 Å². The van der Waals surface area contributed by atoms with E-state index >= 15 is 0 Å². The van der Waals surface area contributed by atoms with Gasteiger partial charge in [-0.3, -0.25) is 4.79 Å². The second-order valence-electron chi connectivity index (χ2n) is 3.74. The molecule has 14 heavy (non-hydrogen) atoms. The van der Waals surface area contributed by atoms with Crippen LogP contribution in [0, 0.1) is 12.8 Å². The minimum Gasteiger partial charge on any atom is -0.448 e. The van der Waals surface area contributed by atoms with E-state index in [4.69, 9.17) is 4.42 Å². The lowest BCUT2D eigenvalue weighted by molar-refractivity contribution is -0.120. The molecule has 1 N–H and O–H groups in total. The number of carbonyl (C=O) groups excluding carboxylic acids is 1. The van der Waals surface area contributed by atoms with E-state index in [2.05, 4.69) is 24.1 Å². The van der Waals surface area contributed by atoms with Crippen LogP contribution in [0.15, 0.2) is 10.8 Å². The van der Waals surface area contributed by atoms with Gasteiger partial charge in [0.1, 0.15) is 5.76 Å². The smallest absolute Gasteiger partial charge is 0.227 e. The normalized spacial score (nSPS) is 10.6. The number of rotatable bonds is 4. The summed E-state index contributed by atoms with van der Waals surface area (Å²) < 4.78 is 5.07. The molecule has 1 rings (SSSR count). The van der Waals surface area contributed by atoms with Gasteiger partial charge in [-0.25, -0.2) is 4.98 Å². The molecule has 0 aliphatic carbocycles. The maximum absolute atomic E-state index is 11.4. The van der Waals surface area contributed by atoms with Gasteiger partial charge >= 0.3 is 0 Å². The van der Waals surface area contributed by atoms with Gasteiger partial charge in [-0.05, 0) is 12.8 Å². The highest BCUT2D eigenvalue weighted by Gasteiger charge is 2.09. The van der Waals surface area contributed by atoms with E-state index in [1.54, 1.807) is 0 Å². The Morgan fingerprint density at radius 1 is 1.64 bits per heavy atom. The van der Waals surface area contributed by atoms with Gasteiger partial charge in [-0.1, -0.05) is 13.8 Å². The lowest BCUT2D eigenvalue weighted by atomic mass is 10.2. The summed E-state index contributed by atoms with van der Waals surface area (Å²) >= 11 is 0. The fraction of sp³-hybridized carbons (Fsp3) is 0.600. The van der Waals surface area contributed by atoms with E-state index in [9.17, 15) is 4.79 Å². The van der Waals surface area contributed by atoms with Gasteiger partial charge in [0.15, 0.2) is 6.39 Å². The molecular weight excluding hydrogens is 180 g/mol. The average molecular weight is 196 g/mol. The van der Waals surface area contributed by atoms with E-state index in [0.29, 0.717) is 18.2 Å². The second-order valence-corrected chi connectivity index (χ2v) is 3.74. The highest BCUT2D eigenvalue weighted by atomic mass is 16.3. The average Bonchev–Trinajstić information content (AvgIpc) is 2.49. The molecule has 0 bridgehead atoms. The van der Waals surface area contributed by atoms with Crippen molar-refractivity contribution in [1.29, 1.82) is 0 Å². The number of hydrogen-bond acceptors (Lipinski definition) is 3. The summed E-state index contributed by atoms with van der Waals surface area (Å²) in [4.78, 5) is 15.3. The van der Waals surface area contributed by atoms with E-state index in [0.717, 1.165) is 5.69 Å². The third-order valence-corrected chi connectivity index (χ3v) is 1.87. The van der Waals surface area contributed by atoms with Gasteiger partial charge < -0.3 is 9.73 Å². The zero-order valence-corrected chi connectivity index (χ0v) is 8.83. The number of oxazole rings is 1. The molecule has 78 valence electrons. The Balaban J connectivity index is 2.38. The lowest BCUT2D eigenvalue weighted by Crippen LogP contribution is -2.28. The van der Waals surface area contributed by atoms with E-state index in [1.165, 1.54) is 6.39 Å². The topological polar surface area (TPSA) is 55.1 Å². The van der Waals surface area contributed by atoms with Crippen LogP contribution in [-0.2, 0) is 11.2 Å². The molecular formula is C10H16N2O2. The number of carbonyl (C=O) groups is 1. The molecule has 0 aromatic carbocycles. The monoisotopic (exact) mass is 196 g/mol. The van der Waals surface area contributed by atoms with Crippen LogP contribution >= 0.6 is 0 Å². The summed E-state index contributed by atoms with van der Waals surface area (Å²) in [7, 11) is 0. The number of aryl methyl sites for hydroxylation is 1. The quantitative estimate of drug-likeness (QED) is 0.789. The molecule has 1 heterocycles. The molecule has 1 aromatic rings. The fourth-order valence-electron chi connectivity index (χ4n) is 1.02. The Morgan fingerprint density at radius 3 is 2.86 bits per heavy atom. The first-order valence-electron chi connectivity index (χ1n) is 4.75. The molecule has 1 amide bonds. The van der Waals surface area contributed by atoms with Gasteiger partial charge in [-0.2, -0.15) is 0 Å². The molecule has 0 saturated carbocycles. The molecule has 0 atom stereocenters. The first-order chi connectivity index (χ1) is 6.59. The second kappa shape index (κ2) is 4.79. The molecule has 1 aromatic heterocycles. The van der Waals surface area contributed by atoms with Crippen LogP contribution in [0.25, 0.3) is 0 Å². The molecule has 4 heteroatoms. The largest absolute Gasteiger partial charge is 0.448 e. The summed E-state index contributed by atoms with van der Waals surface area (Å²) in [5.41, 5.74) is 0.782. The third kappa shape index (κ3) is 3.20. The van der Waals surface area contributed by atoms with Crippen molar-refractivity contribution in [3.8, 4) is 0 Å². The van der Waals surface area contributed by atoms with Crippen LogP contribution < -0.4 is 5.32 Å². The lowest BCUT2D eigenvalue weighted by Gasteiger charge is -2.06. The number of aromatic nitrogens is 1. The maximum atomic E-state index is 11.4. The van der Waals surface area contributed by atoms with Gasteiger partial charge in [0.25, 0.3) is 0 Å². The number of amides is 1. The van der Waals surface area contributed by atoms with Crippen LogP contribution in [0.2, 0.25) is 0 Å². The Bertz CT molecular complexity index is 305. The fourth-order valence-corrected chi connectivity index (χ4v) is 1.02. The van der Waals surface area contributed by atoms with E-state index in [1.807, 2.05) is 6.92 Å². The van der Waals surface area contributed by atoms with Crippen molar-refractivity contribution in [2.75, 3.05) is 6.54 Å². The summed E-state index contributed by atoms with van der Waals surface area (Å²) in [6, 6.07) is 0. The molecule has 0 aliphatic heterocycles. The van der Waals surface area contributed by atoms with Crippen molar-refractivity contribution in [2.24, 2.45) is 5.92 Å². The van der Waals surface area contributed by atoms with Crippen molar-refractivity contribution < 1.29 is 9.21 Å². The Hall–Kier alpha value is -1.32. The number of hydrogen-bond donors (Lipinski definition) is 1. The van der Waals surface area contributed by atoms with Crippen molar-refractivity contribution >= 4 is 5.91 Å². The summed E-state index contributed by atoms with van der Waals surface area (Å²) in [6.45, 7) is 6.64. The predicted octanol–water partition coefficient (Wildman–Crippen LogP) is 1.30. The minimum atomic E-state index is -0.0152. The third-order valence-electron chi connectivity index (χ3n) is 1.87. The predicted molar refractivity (Wildman–Crippen MR) is 52.8 cm³/mol. The van der Waals surface area contributed by atoms with Crippen molar-refractivity contribution in [3.63, 3.8) is 0 Å². The van der Waals surface area contributed by atoms with Gasteiger partial charge in [-0.15, -0.1) is 0 Å². The van der Waals surface area contributed by atoms with E-state index < -0.39 is 0 Å². The van der Waals surface area contributed by atoms with Crippen LogP contribution in [0.5, 0.6) is 0 Å². The Labute approximate surface area is 83.7 Å². The van der Waals surface area contributed by atoms with Crippen LogP contribution in [0.1, 0.15) is 25.3 Å². The highest BCUT2D eigenvalue weighted by Crippen LogP contribution is 2.05. The summed E-state index contributed by atoms with van der Waals surface area (Å²) in [5.74, 6) is 1.10. The molecule has 4 nitrogen and oxygen atoms in total. The van der Waals surface area contributed by atoms with Crippen LogP contribution in [-0.4, -0.2) is 17.4 Å². The molecule has 0 fully saturated rings. The molecule has 0 radical (unpaired) electrons.